The molecule has 0 aromatic heterocycles. The quantitative estimate of drug-likeness (QED) is 0.833. The number of piperidine rings is 1. The molecule has 1 aromatic rings. The molecule has 6 heteroatoms. The monoisotopic (exact) mass is 338 g/mol. The van der Waals surface area contributed by atoms with Crippen molar-refractivity contribution in [3.63, 3.8) is 0 Å². The summed E-state index contributed by atoms with van der Waals surface area (Å²) in [5, 5.41) is 2.68. The van der Waals surface area contributed by atoms with Crippen LogP contribution in [0.3, 0.4) is 0 Å². The van der Waals surface area contributed by atoms with E-state index in [1.165, 1.54) is 7.05 Å². The second-order valence-corrected chi connectivity index (χ2v) is 5.67. The first-order chi connectivity index (χ1) is 9.40. The van der Waals surface area contributed by atoms with E-state index in [1.54, 1.807) is 18.2 Å². The Labute approximate surface area is 125 Å². The standard InChI is InChI=1S/C14H15BrN2O3/c1-8-7-9(3-4-10(8)15)13(19)16-11-5-6-12(18)17(2)14(11)20/h3-4,7,11H,5-6H2,1-2H3,(H,16,19). The molecule has 1 aliphatic rings. The number of carbonyl (C=O) groups excluding carboxylic acids is 3. The van der Waals surface area contributed by atoms with Crippen LogP contribution in [-0.2, 0) is 9.59 Å². The Kier molecular flexibility index (Phi) is 4.23. The lowest BCUT2D eigenvalue weighted by molar-refractivity contribution is -0.147. The van der Waals surface area contributed by atoms with E-state index in [-0.39, 0.29) is 24.1 Å². The molecule has 0 radical (unpaired) electrons. The van der Waals surface area contributed by atoms with Crippen LogP contribution < -0.4 is 5.32 Å². The Hall–Kier alpha value is -1.69. The van der Waals surface area contributed by atoms with Crippen molar-refractivity contribution in [2.45, 2.75) is 25.8 Å². The third-order valence-corrected chi connectivity index (χ3v) is 4.26. The third kappa shape index (κ3) is 2.90. The SMILES string of the molecule is Cc1cc(C(=O)NC2CCC(=O)N(C)C2=O)ccc1Br. The number of hydrogen-bond acceptors (Lipinski definition) is 3. The van der Waals surface area contributed by atoms with Crippen molar-refractivity contribution in [2.75, 3.05) is 7.05 Å². The van der Waals surface area contributed by atoms with Crippen LogP contribution in [0.5, 0.6) is 0 Å². The fraction of sp³-hybridized carbons (Fsp3) is 0.357. The highest BCUT2D eigenvalue weighted by molar-refractivity contribution is 9.10. The first-order valence-corrected chi connectivity index (χ1v) is 7.07. The number of nitrogens with one attached hydrogen (secondary N) is 1. The number of aryl methyl sites for hydroxylation is 1. The lowest BCUT2D eigenvalue weighted by atomic mass is 10.0. The van der Waals surface area contributed by atoms with Crippen molar-refractivity contribution in [3.05, 3.63) is 33.8 Å². The van der Waals surface area contributed by atoms with Crippen molar-refractivity contribution in [2.24, 2.45) is 0 Å². The summed E-state index contributed by atoms with van der Waals surface area (Å²) in [7, 11) is 1.44. The molecule has 1 aliphatic heterocycles. The van der Waals surface area contributed by atoms with Gasteiger partial charge in [-0.1, -0.05) is 15.9 Å². The maximum Gasteiger partial charge on any atom is 0.251 e. The van der Waals surface area contributed by atoms with Crippen LogP contribution >= 0.6 is 15.9 Å². The van der Waals surface area contributed by atoms with E-state index in [9.17, 15) is 14.4 Å². The summed E-state index contributed by atoms with van der Waals surface area (Å²) in [6, 6.07) is 4.60. The van der Waals surface area contributed by atoms with Gasteiger partial charge in [-0.3, -0.25) is 19.3 Å². The molecule has 20 heavy (non-hydrogen) atoms. The molecule has 0 bridgehead atoms. The Morgan fingerprint density at radius 1 is 1.40 bits per heavy atom. The van der Waals surface area contributed by atoms with Crippen LogP contribution in [0.4, 0.5) is 0 Å². The second-order valence-electron chi connectivity index (χ2n) is 4.82. The Balaban J connectivity index is 2.09. The van der Waals surface area contributed by atoms with Crippen LogP contribution in [0.2, 0.25) is 0 Å². The highest BCUT2D eigenvalue weighted by Gasteiger charge is 2.32. The normalized spacial score (nSPS) is 19.1. The van der Waals surface area contributed by atoms with Gasteiger partial charge in [0, 0.05) is 23.5 Å². The van der Waals surface area contributed by atoms with Crippen molar-refractivity contribution >= 4 is 33.7 Å². The van der Waals surface area contributed by atoms with Crippen molar-refractivity contribution in [1.82, 2.24) is 10.2 Å². The van der Waals surface area contributed by atoms with Gasteiger partial charge in [0.25, 0.3) is 11.8 Å². The summed E-state index contributed by atoms with van der Waals surface area (Å²) >= 11 is 3.37. The van der Waals surface area contributed by atoms with Gasteiger partial charge in [0.05, 0.1) is 0 Å². The summed E-state index contributed by atoms with van der Waals surface area (Å²) in [5.41, 5.74) is 1.44. The van der Waals surface area contributed by atoms with Gasteiger partial charge in [-0.25, -0.2) is 0 Å². The smallest absolute Gasteiger partial charge is 0.251 e. The van der Waals surface area contributed by atoms with Crippen LogP contribution in [0.25, 0.3) is 0 Å². The van der Waals surface area contributed by atoms with Crippen molar-refractivity contribution in [3.8, 4) is 0 Å². The fourth-order valence-electron chi connectivity index (χ4n) is 2.08. The third-order valence-electron chi connectivity index (χ3n) is 3.38. The molecule has 1 fully saturated rings. The predicted octanol–water partition coefficient (Wildman–Crippen LogP) is 1.63. The van der Waals surface area contributed by atoms with Gasteiger partial charge >= 0.3 is 0 Å². The highest BCUT2D eigenvalue weighted by Crippen LogP contribution is 2.18. The summed E-state index contributed by atoms with van der Waals surface area (Å²) < 4.78 is 0.924. The molecule has 1 heterocycles. The minimum atomic E-state index is -0.630. The minimum Gasteiger partial charge on any atom is -0.340 e. The largest absolute Gasteiger partial charge is 0.340 e. The number of rotatable bonds is 2. The van der Waals surface area contributed by atoms with Gasteiger partial charge in [-0.05, 0) is 37.1 Å². The van der Waals surface area contributed by atoms with E-state index >= 15 is 0 Å². The molecule has 1 unspecified atom stereocenters. The van der Waals surface area contributed by atoms with Gasteiger partial charge in [-0.15, -0.1) is 0 Å². The van der Waals surface area contributed by atoms with E-state index in [0.29, 0.717) is 12.0 Å². The van der Waals surface area contributed by atoms with E-state index < -0.39 is 6.04 Å². The molecule has 1 N–H and O–H groups in total. The molecule has 0 aliphatic carbocycles. The molecule has 1 saturated heterocycles. The Morgan fingerprint density at radius 3 is 2.75 bits per heavy atom. The number of carbonyl (C=O) groups is 3. The van der Waals surface area contributed by atoms with Gasteiger partial charge < -0.3 is 5.32 Å². The molecule has 106 valence electrons. The first-order valence-electron chi connectivity index (χ1n) is 6.27. The molecule has 3 amide bonds. The zero-order valence-corrected chi connectivity index (χ0v) is 12.9. The van der Waals surface area contributed by atoms with Gasteiger partial charge in [0.15, 0.2) is 0 Å². The maximum absolute atomic E-state index is 12.1. The Bertz CT molecular complexity index is 586. The maximum atomic E-state index is 12.1. The number of nitrogens with zero attached hydrogens (tertiary/aromatic N) is 1. The second kappa shape index (κ2) is 5.75. The lowest BCUT2D eigenvalue weighted by Gasteiger charge is -2.28. The van der Waals surface area contributed by atoms with Crippen LogP contribution in [0.1, 0.15) is 28.8 Å². The number of imide groups is 1. The van der Waals surface area contributed by atoms with E-state index in [0.717, 1.165) is 14.9 Å². The molecule has 2 rings (SSSR count). The van der Waals surface area contributed by atoms with Crippen LogP contribution in [0, 0.1) is 6.92 Å². The molecule has 0 spiro atoms. The molecule has 1 atom stereocenters. The number of halogens is 1. The zero-order valence-electron chi connectivity index (χ0n) is 11.3. The summed E-state index contributed by atoms with van der Waals surface area (Å²) in [5.74, 6) is -0.870. The van der Waals surface area contributed by atoms with Crippen molar-refractivity contribution < 1.29 is 14.4 Å². The van der Waals surface area contributed by atoms with Crippen molar-refractivity contribution in [1.29, 1.82) is 0 Å². The molecule has 1 aromatic carbocycles. The van der Waals surface area contributed by atoms with E-state index in [2.05, 4.69) is 21.2 Å². The average molecular weight is 339 g/mol. The van der Waals surface area contributed by atoms with Gasteiger partial charge in [-0.2, -0.15) is 0 Å². The Morgan fingerprint density at radius 2 is 2.10 bits per heavy atom. The minimum absolute atomic E-state index is 0.208. The van der Waals surface area contributed by atoms with Gasteiger partial charge in [0.1, 0.15) is 6.04 Å². The predicted molar refractivity (Wildman–Crippen MR) is 77.1 cm³/mol. The van der Waals surface area contributed by atoms with Crippen LogP contribution in [-0.4, -0.2) is 35.7 Å². The summed E-state index contributed by atoms with van der Waals surface area (Å²) in [4.78, 5) is 36.5. The van der Waals surface area contributed by atoms with E-state index in [1.807, 2.05) is 6.92 Å². The van der Waals surface area contributed by atoms with Gasteiger partial charge in [0.2, 0.25) is 5.91 Å². The topological polar surface area (TPSA) is 66.5 Å². The lowest BCUT2D eigenvalue weighted by Crippen LogP contribution is -2.52. The number of amides is 3. The van der Waals surface area contributed by atoms with Crippen LogP contribution in [0.15, 0.2) is 22.7 Å². The zero-order chi connectivity index (χ0) is 14.9. The molecular weight excluding hydrogens is 324 g/mol. The summed E-state index contributed by atoms with van der Waals surface area (Å²) in [6.07, 6.45) is 0.621. The first kappa shape index (κ1) is 14.7. The number of likely N-dealkylation sites (N-methyl/N-ethyl adjacent to an activating group) is 1. The molecular formula is C14H15BrN2O3. The fourth-order valence-corrected chi connectivity index (χ4v) is 2.32. The number of likely N-dealkylation sites (tertiary alicyclic amines) is 1. The number of hydrogen-bond donors (Lipinski definition) is 1. The van der Waals surface area contributed by atoms with E-state index in [4.69, 9.17) is 0 Å². The molecule has 5 nitrogen and oxygen atoms in total. The highest BCUT2D eigenvalue weighted by atomic mass is 79.9. The summed E-state index contributed by atoms with van der Waals surface area (Å²) in [6.45, 7) is 1.89. The number of benzene rings is 1. The average Bonchev–Trinajstić information content (AvgIpc) is 2.42. The molecule has 0 saturated carbocycles.